The fraction of sp³-hybridized carbons (Fsp3) is 0.391. The summed E-state index contributed by atoms with van der Waals surface area (Å²) in [7, 11) is 1.35. The first-order chi connectivity index (χ1) is 30.1. The molecule has 2 atom stereocenters. The molecule has 1 heterocycles. The summed E-state index contributed by atoms with van der Waals surface area (Å²) in [6.07, 6.45) is 4.32. The van der Waals surface area contributed by atoms with Crippen LogP contribution < -0.4 is 25.4 Å². The van der Waals surface area contributed by atoms with Crippen LogP contribution in [0.5, 0.6) is 11.5 Å². The molecule has 0 aliphatic heterocycles. The summed E-state index contributed by atoms with van der Waals surface area (Å²) in [4.78, 5) is 70.4. The van der Waals surface area contributed by atoms with E-state index in [1.54, 1.807) is 31.3 Å². The van der Waals surface area contributed by atoms with Gasteiger partial charge < -0.3 is 30.2 Å². The molecule has 0 saturated carbocycles. The lowest BCUT2D eigenvalue weighted by Gasteiger charge is -2.28. The van der Waals surface area contributed by atoms with Crippen LogP contribution in [0.2, 0.25) is 5.02 Å². The highest BCUT2D eigenvalue weighted by Crippen LogP contribution is 2.39. The summed E-state index contributed by atoms with van der Waals surface area (Å²) in [5.41, 5.74) is 0.528. The molecule has 4 aromatic rings. The molecule has 5 amide bonds. The Kier molecular flexibility index (Phi) is 21.7. The number of aromatic nitrogens is 2. The van der Waals surface area contributed by atoms with Crippen LogP contribution >= 0.6 is 23.4 Å². The molecule has 2 unspecified atom stereocenters. The summed E-state index contributed by atoms with van der Waals surface area (Å²) in [5, 5.41) is 18.2. The minimum absolute atomic E-state index is 0.00350. The second-order valence-corrected chi connectivity index (χ2v) is 15.3. The number of urea groups is 1. The summed E-state index contributed by atoms with van der Waals surface area (Å²) in [6, 6.07) is 17.1. The number of nitrogens with zero attached hydrogens (tertiary/aromatic N) is 4. The van der Waals surface area contributed by atoms with Gasteiger partial charge in [-0.25, -0.2) is 19.2 Å². The number of nitrogens with one attached hydrogen (secondary N) is 3. The molecule has 63 heavy (non-hydrogen) atoms. The van der Waals surface area contributed by atoms with Gasteiger partial charge in [0.15, 0.2) is 16.6 Å². The maximum Gasteiger partial charge on any atom is 0.319 e. The Labute approximate surface area is 378 Å². The summed E-state index contributed by atoms with van der Waals surface area (Å²) in [6.45, 7) is 14.0. The van der Waals surface area contributed by atoms with Gasteiger partial charge in [-0.2, -0.15) is 5.26 Å². The number of benzene rings is 3. The summed E-state index contributed by atoms with van der Waals surface area (Å²) >= 11 is 8.09. The van der Waals surface area contributed by atoms with Gasteiger partial charge in [-0.1, -0.05) is 77.0 Å². The molecule has 0 fully saturated rings. The molecular formula is C46H57ClFN7O7S. The SMILES string of the molecule is CC.CC.CNC(=O)C(CCC=O)N(C=O)C(=O)c1ccc(NC(=O)NCC(C)(F)COc2c(Cl)cc(C(C)(C)c3ccc(OCc4ccnc(SC)n4)cc3)cc2C#N)cc1C. The van der Waals surface area contributed by atoms with Crippen molar-refractivity contribution in [3.05, 3.63) is 105 Å². The van der Waals surface area contributed by atoms with Gasteiger partial charge in [-0.05, 0) is 91.7 Å². The molecule has 1 aromatic heterocycles. The number of carbonyl (C=O) groups excluding carboxylic acids is 5. The number of anilines is 1. The Morgan fingerprint density at radius 1 is 1.00 bits per heavy atom. The zero-order valence-electron chi connectivity index (χ0n) is 37.4. The number of thioether (sulfide) groups is 1. The van der Waals surface area contributed by atoms with E-state index in [0.717, 1.165) is 21.7 Å². The molecule has 3 N–H and O–H groups in total. The molecule has 0 bridgehead atoms. The van der Waals surface area contributed by atoms with E-state index in [4.69, 9.17) is 21.1 Å². The predicted molar refractivity (Wildman–Crippen MR) is 244 cm³/mol. The van der Waals surface area contributed by atoms with Crippen LogP contribution in [-0.2, 0) is 26.4 Å². The smallest absolute Gasteiger partial charge is 0.319 e. The molecule has 4 rings (SSSR count). The minimum Gasteiger partial charge on any atom is -0.487 e. The Bertz CT molecular complexity index is 2220. The van der Waals surface area contributed by atoms with E-state index in [1.165, 1.54) is 43.9 Å². The van der Waals surface area contributed by atoms with E-state index in [1.807, 2.05) is 72.1 Å². The summed E-state index contributed by atoms with van der Waals surface area (Å²) in [5.74, 6) is -0.721. The Morgan fingerprint density at radius 2 is 1.68 bits per heavy atom. The number of halogens is 2. The first-order valence-corrected chi connectivity index (χ1v) is 21.9. The average molecular weight is 907 g/mol. The van der Waals surface area contributed by atoms with E-state index < -0.39 is 48.1 Å². The highest BCUT2D eigenvalue weighted by atomic mass is 35.5. The number of rotatable bonds is 19. The van der Waals surface area contributed by atoms with Crippen LogP contribution in [0, 0.1) is 18.3 Å². The lowest BCUT2D eigenvalue weighted by atomic mass is 9.77. The fourth-order valence-corrected chi connectivity index (χ4v) is 6.57. The summed E-state index contributed by atoms with van der Waals surface area (Å²) < 4.78 is 27.3. The van der Waals surface area contributed by atoms with Crippen molar-refractivity contribution in [1.29, 1.82) is 5.26 Å². The van der Waals surface area contributed by atoms with Gasteiger partial charge in [0.05, 0.1) is 22.8 Å². The number of carbonyl (C=O) groups is 5. The van der Waals surface area contributed by atoms with Crippen LogP contribution in [0.25, 0.3) is 0 Å². The zero-order valence-corrected chi connectivity index (χ0v) is 39.0. The van der Waals surface area contributed by atoms with Crippen molar-refractivity contribution < 1.29 is 37.8 Å². The number of hydrogen-bond donors (Lipinski definition) is 3. The van der Waals surface area contributed by atoms with Crippen LogP contribution in [0.4, 0.5) is 14.9 Å². The molecule has 3 aromatic carbocycles. The number of aryl methyl sites for hydroxylation is 1. The van der Waals surface area contributed by atoms with Gasteiger partial charge in [0, 0.05) is 36.3 Å². The number of likely N-dealkylation sites (N-methyl/N-ethyl adjacent to an activating group) is 1. The second-order valence-electron chi connectivity index (χ2n) is 14.2. The number of nitriles is 1. The van der Waals surface area contributed by atoms with Gasteiger partial charge in [0.2, 0.25) is 12.3 Å². The van der Waals surface area contributed by atoms with Gasteiger partial charge in [0.25, 0.3) is 5.91 Å². The Morgan fingerprint density at radius 3 is 2.27 bits per heavy atom. The van der Waals surface area contributed by atoms with Crippen molar-refractivity contribution >= 4 is 59.6 Å². The number of alkyl halides is 1. The van der Waals surface area contributed by atoms with Crippen LogP contribution in [-0.4, -0.2) is 83.6 Å². The molecule has 338 valence electrons. The van der Waals surface area contributed by atoms with Crippen molar-refractivity contribution in [2.45, 2.75) is 97.1 Å². The van der Waals surface area contributed by atoms with Gasteiger partial charge in [0.1, 0.15) is 37.4 Å². The van der Waals surface area contributed by atoms with Gasteiger partial charge in [-0.3, -0.25) is 19.3 Å². The van der Waals surface area contributed by atoms with Crippen molar-refractivity contribution in [1.82, 2.24) is 25.5 Å². The van der Waals surface area contributed by atoms with Crippen molar-refractivity contribution in [3.63, 3.8) is 0 Å². The van der Waals surface area contributed by atoms with Gasteiger partial charge in [-0.15, -0.1) is 0 Å². The maximum atomic E-state index is 15.7. The quantitative estimate of drug-likeness (QED) is 0.0464. The monoisotopic (exact) mass is 905 g/mol. The molecule has 14 nitrogen and oxygen atoms in total. The van der Waals surface area contributed by atoms with Crippen molar-refractivity contribution in [2.24, 2.45) is 0 Å². The number of amides is 5. The molecule has 0 aliphatic carbocycles. The lowest BCUT2D eigenvalue weighted by molar-refractivity contribution is -0.131. The first kappa shape index (κ1) is 53.1. The van der Waals surface area contributed by atoms with E-state index in [-0.39, 0.29) is 53.4 Å². The lowest BCUT2D eigenvalue weighted by Crippen LogP contribution is -2.48. The predicted octanol–water partition coefficient (Wildman–Crippen LogP) is 8.61. The third kappa shape index (κ3) is 15.1. The van der Waals surface area contributed by atoms with Crippen molar-refractivity contribution in [2.75, 3.05) is 31.8 Å². The number of hydrogen-bond acceptors (Lipinski definition) is 11. The third-order valence-corrected chi connectivity index (χ3v) is 10.2. The first-order valence-electron chi connectivity index (χ1n) is 20.3. The zero-order chi connectivity index (χ0) is 47.3. The fourth-order valence-electron chi connectivity index (χ4n) is 5.92. The highest BCUT2D eigenvalue weighted by molar-refractivity contribution is 7.98. The maximum absolute atomic E-state index is 15.7. The third-order valence-electron chi connectivity index (χ3n) is 9.36. The topological polar surface area (TPSA) is 193 Å². The molecule has 0 aliphatic rings. The van der Waals surface area contributed by atoms with Crippen LogP contribution in [0.1, 0.15) is 99.6 Å². The number of ether oxygens (including phenoxy) is 2. The van der Waals surface area contributed by atoms with Crippen LogP contribution in [0.15, 0.2) is 72.0 Å². The number of aldehydes is 1. The Hall–Kier alpha value is -6.05. The standard InChI is InChI=1S/C42H45ClFN7O7S.2C2H6/c1-26-18-30(11-14-33(26)38(55)51(25-53)35(8-7-17-52)37(54)46-5)49-39(56)48-23-42(4,44)24-58-36-27(21-45)19-29(20-34(36)43)41(2,3)28-9-12-32(13-10-28)57-22-31-15-16-47-40(50-31)59-6;2*1-2/h9-20,25,35H,7-8,22-24H2,1-6H3,(H,46,54)(H2,48,49,56);2*1-2H3. The van der Waals surface area contributed by atoms with E-state index in [0.29, 0.717) is 22.8 Å². The molecule has 0 spiro atoms. The molecule has 17 heteroatoms. The van der Waals surface area contributed by atoms with E-state index in [2.05, 4.69) is 32.0 Å². The normalized spacial score (nSPS) is 11.9. The van der Waals surface area contributed by atoms with E-state index >= 15 is 4.39 Å². The molecular weight excluding hydrogens is 849 g/mol. The minimum atomic E-state index is -2.10. The van der Waals surface area contributed by atoms with E-state index in [9.17, 15) is 29.2 Å². The molecule has 0 saturated heterocycles. The number of imide groups is 1. The van der Waals surface area contributed by atoms with Crippen molar-refractivity contribution in [3.8, 4) is 17.6 Å². The second kappa shape index (κ2) is 25.8. The average Bonchev–Trinajstić information content (AvgIpc) is 3.29. The molecule has 0 radical (unpaired) electrons. The highest BCUT2D eigenvalue weighted by Gasteiger charge is 2.31. The van der Waals surface area contributed by atoms with Crippen LogP contribution in [0.3, 0.4) is 0 Å². The Balaban J connectivity index is 0.00000331. The largest absolute Gasteiger partial charge is 0.487 e. The van der Waals surface area contributed by atoms with Gasteiger partial charge >= 0.3 is 6.03 Å².